The highest BCUT2D eigenvalue weighted by Crippen LogP contribution is 2.06. The standard InChI is InChI=1S/C11H15N5O/c1-16-8-13-15-10(16)7-12-6-9-4-3-5-11(14-9)17-2/h3-5,8,12H,6-7H2,1-2H3. The highest BCUT2D eigenvalue weighted by atomic mass is 16.5. The lowest BCUT2D eigenvalue weighted by Crippen LogP contribution is -2.16. The second-order valence-corrected chi connectivity index (χ2v) is 3.63. The Labute approximate surface area is 99.7 Å². The van der Waals surface area contributed by atoms with Gasteiger partial charge in [-0.05, 0) is 6.07 Å². The Morgan fingerprint density at radius 3 is 2.94 bits per heavy atom. The minimum atomic E-state index is 0.628. The minimum Gasteiger partial charge on any atom is -0.481 e. The summed E-state index contributed by atoms with van der Waals surface area (Å²) < 4.78 is 6.94. The second-order valence-electron chi connectivity index (χ2n) is 3.63. The van der Waals surface area contributed by atoms with Crippen LogP contribution in [0.3, 0.4) is 0 Å². The number of nitrogens with zero attached hydrogens (tertiary/aromatic N) is 4. The average molecular weight is 233 g/mol. The summed E-state index contributed by atoms with van der Waals surface area (Å²) in [4.78, 5) is 4.30. The number of methoxy groups -OCH3 is 1. The molecule has 2 aromatic heterocycles. The van der Waals surface area contributed by atoms with Crippen molar-refractivity contribution in [2.24, 2.45) is 7.05 Å². The fourth-order valence-corrected chi connectivity index (χ4v) is 1.44. The quantitative estimate of drug-likeness (QED) is 0.815. The average Bonchev–Trinajstić information content (AvgIpc) is 2.76. The Morgan fingerprint density at radius 1 is 1.35 bits per heavy atom. The molecule has 6 heteroatoms. The lowest BCUT2D eigenvalue weighted by molar-refractivity contribution is 0.395. The molecule has 0 aliphatic carbocycles. The molecule has 0 bridgehead atoms. The van der Waals surface area contributed by atoms with Crippen molar-refractivity contribution in [1.82, 2.24) is 25.1 Å². The summed E-state index contributed by atoms with van der Waals surface area (Å²) in [6.45, 7) is 1.33. The smallest absolute Gasteiger partial charge is 0.213 e. The van der Waals surface area contributed by atoms with Crippen LogP contribution in [0.5, 0.6) is 5.88 Å². The summed E-state index contributed by atoms with van der Waals surface area (Å²) in [5.41, 5.74) is 0.937. The third kappa shape index (κ3) is 3.01. The molecule has 2 rings (SSSR count). The molecule has 0 spiro atoms. The highest BCUT2D eigenvalue weighted by Gasteiger charge is 2.01. The molecule has 1 N–H and O–H groups in total. The van der Waals surface area contributed by atoms with Gasteiger partial charge in [0.15, 0.2) is 0 Å². The number of hydrogen-bond acceptors (Lipinski definition) is 5. The summed E-state index contributed by atoms with van der Waals surface area (Å²) in [6.07, 6.45) is 1.68. The summed E-state index contributed by atoms with van der Waals surface area (Å²) in [7, 11) is 3.53. The van der Waals surface area contributed by atoms with E-state index in [2.05, 4.69) is 20.5 Å². The van der Waals surface area contributed by atoms with E-state index in [1.807, 2.05) is 29.8 Å². The molecule has 0 atom stereocenters. The van der Waals surface area contributed by atoms with Crippen molar-refractivity contribution in [3.63, 3.8) is 0 Å². The Kier molecular flexibility index (Phi) is 3.66. The first-order valence-corrected chi connectivity index (χ1v) is 5.33. The number of rotatable bonds is 5. The normalized spacial score (nSPS) is 10.5. The van der Waals surface area contributed by atoms with Crippen LogP contribution in [0.2, 0.25) is 0 Å². The molecule has 0 aliphatic rings. The van der Waals surface area contributed by atoms with E-state index in [0.717, 1.165) is 11.5 Å². The topological polar surface area (TPSA) is 64.9 Å². The van der Waals surface area contributed by atoms with E-state index in [1.165, 1.54) is 0 Å². The fraction of sp³-hybridized carbons (Fsp3) is 0.364. The van der Waals surface area contributed by atoms with Crippen molar-refractivity contribution in [2.75, 3.05) is 7.11 Å². The van der Waals surface area contributed by atoms with Gasteiger partial charge in [0.05, 0.1) is 19.3 Å². The van der Waals surface area contributed by atoms with Crippen LogP contribution in [-0.2, 0) is 20.1 Å². The van der Waals surface area contributed by atoms with E-state index in [4.69, 9.17) is 4.74 Å². The Hall–Kier alpha value is -1.95. The van der Waals surface area contributed by atoms with E-state index >= 15 is 0 Å². The molecule has 17 heavy (non-hydrogen) atoms. The van der Waals surface area contributed by atoms with E-state index in [-0.39, 0.29) is 0 Å². The summed E-state index contributed by atoms with van der Waals surface area (Å²) in [6, 6.07) is 5.70. The van der Waals surface area contributed by atoms with Crippen LogP contribution in [0.15, 0.2) is 24.5 Å². The van der Waals surface area contributed by atoms with E-state index in [0.29, 0.717) is 19.0 Å². The molecule has 2 aromatic rings. The third-order valence-electron chi connectivity index (χ3n) is 2.38. The number of aryl methyl sites for hydroxylation is 1. The summed E-state index contributed by atoms with van der Waals surface area (Å²) in [5, 5.41) is 11.1. The van der Waals surface area contributed by atoms with E-state index in [1.54, 1.807) is 13.4 Å². The predicted octanol–water partition coefficient (Wildman–Crippen LogP) is 0.508. The molecular formula is C11H15N5O. The number of hydrogen-bond donors (Lipinski definition) is 1. The van der Waals surface area contributed by atoms with Crippen molar-refractivity contribution >= 4 is 0 Å². The van der Waals surface area contributed by atoms with Gasteiger partial charge in [-0.15, -0.1) is 10.2 Å². The maximum absolute atomic E-state index is 5.06. The number of pyridine rings is 1. The number of ether oxygens (including phenoxy) is 1. The molecule has 0 aromatic carbocycles. The molecule has 0 fully saturated rings. The SMILES string of the molecule is COc1cccc(CNCc2nncn2C)n1. The van der Waals surface area contributed by atoms with Gasteiger partial charge in [0.1, 0.15) is 12.2 Å². The second kappa shape index (κ2) is 5.40. The van der Waals surface area contributed by atoms with Gasteiger partial charge in [0.25, 0.3) is 0 Å². The maximum Gasteiger partial charge on any atom is 0.213 e. The van der Waals surface area contributed by atoms with Crippen LogP contribution in [0.4, 0.5) is 0 Å². The first-order chi connectivity index (χ1) is 8.29. The van der Waals surface area contributed by atoms with Crippen LogP contribution in [0.25, 0.3) is 0 Å². The summed E-state index contributed by atoms with van der Waals surface area (Å²) in [5.74, 6) is 1.52. The maximum atomic E-state index is 5.06. The number of aromatic nitrogens is 4. The van der Waals surface area contributed by atoms with Crippen molar-refractivity contribution in [2.45, 2.75) is 13.1 Å². The molecule has 0 amide bonds. The van der Waals surface area contributed by atoms with Crippen LogP contribution in [0, 0.1) is 0 Å². The lowest BCUT2D eigenvalue weighted by atomic mass is 10.3. The Bertz CT molecular complexity index is 482. The fourth-order valence-electron chi connectivity index (χ4n) is 1.44. The van der Waals surface area contributed by atoms with Gasteiger partial charge in [-0.3, -0.25) is 0 Å². The summed E-state index contributed by atoms with van der Waals surface area (Å²) >= 11 is 0. The van der Waals surface area contributed by atoms with Crippen LogP contribution >= 0.6 is 0 Å². The van der Waals surface area contributed by atoms with Crippen molar-refractivity contribution < 1.29 is 4.74 Å². The Morgan fingerprint density at radius 2 is 2.24 bits per heavy atom. The molecule has 90 valence electrons. The van der Waals surface area contributed by atoms with Gasteiger partial charge < -0.3 is 14.6 Å². The third-order valence-corrected chi connectivity index (χ3v) is 2.38. The molecule has 0 aliphatic heterocycles. The molecule has 6 nitrogen and oxygen atoms in total. The molecule has 2 heterocycles. The van der Waals surface area contributed by atoms with Gasteiger partial charge in [0, 0.05) is 19.7 Å². The van der Waals surface area contributed by atoms with Crippen molar-refractivity contribution in [3.8, 4) is 5.88 Å². The molecule has 0 saturated carbocycles. The largest absolute Gasteiger partial charge is 0.481 e. The predicted molar refractivity (Wildman–Crippen MR) is 62.3 cm³/mol. The monoisotopic (exact) mass is 233 g/mol. The van der Waals surface area contributed by atoms with Crippen LogP contribution in [-0.4, -0.2) is 26.9 Å². The number of nitrogens with one attached hydrogen (secondary N) is 1. The van der Waals surface area contributed by atoms with Gasteiger partial charge in [-0.1, -0.05) is 6.07 Å². The van der Waals surface area contributed by atoms with E-state index < -0.39 is 0 Å². The zero-order valence-electron chi connectivity index (χ0n) is 9.92. The molecule has 0 radical (unpaired) electrons. The Balaban J connectivity index is 1.87. The van der Waals surface area contributed by atoms with Crippen LogP contribution < -0.4 is 10.1 Å². The van der Waals surface area contributed by atoms with Gasteiger partial charge in [-0.25, -0.2) is 4.98 Å². The molecular weight excluding hydrogens is 218 g/mol. The first kappa shape index (κ1) is 11.5. The minimum absolute atomic E-state index is 0.628. The lowest BCUT2D eigenvalue weighted by Gasteiger charge is -2.05. The van der Waals surface area contributed by atoms with Gasteiger partial charge in [-0.2, -0.15) is 0 Å². The molecule has 0 saturated heterocycles. The highest BCUT2D eigenvalue weighted by molar-refractivity contribution is 5.15. The molecule has 0 unspecified atom stereocenters. The zero-order chi connectivity index (χ0) is 12.1. The van der Waals surface area contributed by atoms with Gasteiger partial charge in [0.2, 0.25) is 5.88 Å². The zero-order valence-corrected chi connectivity index (χ0v) is 9.92. The first-order valence-electron chi connectivity index (χ1n) is 5.33. The van der Waals surface area contributed by atoms with Crippen molar-refractivity contribution in [1.29, 1.82) is 0 Å². The van der Waals surface area contributed by atoms with Gasteiger partial charge >= 0.3 is 0 Å². The van der Waals surface area contributed by atoms with Crippen LogP contribution in [0.1, 0.15) is 11.5 Å². The van der Waals surface area contributed by atoms with E-state index in [9.17, 15) is 0 Å². The van der Waals surface area contributed by atoms with Crippen molar-refractivity contribution in [3.05, 3.63) is 36.0 Å².